The number of fused-ring (bicyclic) bond motifs is 1. The molecule has 0 radical (unpaired) electrons. The van der Waals surface area contributed by atoms with Gasteiger partial charge in [-0.15, -0.1) is 0 Å². The Morgan fingerprint density at radius 2 is 2.21 bits per heavy atom. The van der Waals surface area contributed by atoms with E-state index >= 15 is 0 Å². The second kappa shape index (κ2) is 4.32. The molecule has 1 unspecified atom stereocenters. The first kappa shape index (κ1) is 12.6. The number of carbonyl (C=O) groups excluding carboxylic acids is 1. The highest BCUT2D eigenvalue weighted by atomic mass is 16.3. The number of carbonyl (C=O) groups is 1. The molecule has 0 bridgehead atoms. The van der Waals surface area contributed by atoms with Gasteiger partial charge in [0.1, 0.15) is 0 Å². The second-order valence-corrected chi connectivity index (χ2v) is 5.87. The summed E-state index contributed by atoms with van der Waals surface area (Å²) in [5, 5.41) is 9.60. The van der Waals surface area contributed by atoms with Crippen LogP contribution in [-0.2, 0) is 11.2 Å². The number of hydrogen-bond acceptors (Lipinski definition) is 3. The summed E-state index contributed by atoms with van der Waals surface area (Å²) in [6, 6.07) is 5.86. The zero-order valence-corrected chi connectivity index (χ0v) is 11.2. The minimum absolute atomic E-state index is 0.126. The smallest absolute Gasteiger partial charge is 0.231 e. The lowest BCUT2D eigenvalue weighted by atomic mass is 9.63. The third-order valence-electron chi connectivity index (χ3n) is 4.86. The molecule has 1 fully saturated rings. The largest absolute Gasteiger partial charge is 0.396 e. The molecule has 4 nitrogen and oxygen atoms in total. The Morgan fingerprint density at radius 3 is 2.79 bits per heavy atom. The van der Waals surface area contributed by atoms with Crippen LogP contribution in [0.3, 0.4) is 0 Å². The highest BCUT2D eigenvalue weighted by Gasteiger charge is 2.42. The number of aliphatic hydroxyl groups is 1. The first-order chi connectivity index (χ1) is 9.07. The van der Waals surface area contributed by atoms with Crippen LogP contribution >= 0.6 is 0 Å². The molecule has 3 N–H and O–H groups in total. The molecular formula is C15H20N2O2. The number of aliphatic hydroxyl groups excluding tert-OH is 1. The summed E-state index contributed by atoms with van der Waals surface area (Å²) < 4.78 is 0. The van der Waals surface area contributed by atoms with Crippen molar-refractivity contribution in [2.24, 2.45) is 11.1 Å². The van der Waals surface area contributed by atoms with E-state index in [1.54, 1.807) is 11.9 Å². The minimum Gasteiger partial charge on any atom is -0.396 e. The fraction of sp³-hybridized carbons (Fsp3) is 0.533. The molecule has 1 amide bonds. The molecule has 1 aromatic rings. The van der Waals surface area contributed by atoms with E-state index in [0.717, 1.165) is 36.1 Å². The number of amides is 1. The van der Waals surface area contributed by atoms with Crippen molar-refractivity contribution in [3.63, 3.8) is 0 Å². The van der Waals surface area contributed by atoms with Crippen molar-refractivity contribution in [1.29, 1.82) is 0 Å². The maximum atomic E-state index is 11.7. The lowest BCUT2D eigenvalue weighted by molar-refractivity contribution is -0.117. The van der Waals surface area contributed by atoms with Crippen molar-refractivity contribution in [2.45, 2.75) is 31.7 Å². The summed E-state index contributed by atoms with van der Waals surface area (Å²) in [5.74, 6) is 0.126. The number of likely N-dealkylation sites (N-methyl/N-ethyl adjacent to an activating group) is 1. The van der Waals surface area contributed by atoms with Crippen LogP contribution in [0.4, 0.5) is 5.69 Å². The van der Waals surface area contributed by atoms with Gasteiger partial charge in [0, 0.05) is 24.2 Å². The zero-order valence-electron chi connectivity index (χ0n) is 11.2. The lowest BCUT2D eigenvalue weighted by Gasteiger charge is -2.45. The highest BCUT2D eigenvalue weighted by Crippen LogP contribution is 2.49. The average molecular weight is 260 g/mol. The van der Waals surface area contributed by atoms with Crippen LogP contribution in [0.5, 0.6) is 0 Å². The van der Waals surface area contributed by atoms with E-state index in [4.69, 9.17) is 5.73 Å². The summed E-state index contributed by atoms with van der Waals surface area (Å²) in [6.45, 7) is 0.143. The van der Waals surface area contributed by atoms with Gasteiger partial charge in [-0.2, -0.15) is 0 Å². The van der Waals surface area contributed by atoms with Gasteiger partial charge in [-0.05, 0) is 30.0 Å². The van der Waals surface area contributed by atoms with Crippen molar-refractivity contribution < 1.29 is 9.90 Å². The number of nitrogens with zero attached hydrogens (tertiary/aromatic N) is 1. The van der Waals surface area contributed by atoms with Crippen molar-refractivity contribution >= 4 is 11.6 Å². The van der Waals surface area contributed by atoms with Crippen molar-refractivity contribution in [2.75, 3.05) is 18.6 Å². The number of anilines is 1. The molecule has 19 heavy (non-hydrogen) atoms. The van der Waals surface area contributed by atoms with Crippen LogP contribution in [0.2, 0.25) is 0 Å². The van der Waals surface area contributed by atoms with Crippen LogP contribution in [0.25, 0.3) is 0 Å². The molecule has 3 rings (SSSR count). The zero-order chi connectivity index (χ0) is 13.6. The van der Waals surface area contributed by atoms with E-state index in [1.807, 2.05) is 18.2 Å². The summed E-state index contributed by atoms with van der Waals surface area (Å²) in [4.78, 5) is 13.4. The summed E-state index contributed by atoms with van der Waals surface area (Å²) >= 11 is 0. The van der Waals surface area contributed by atoms with Gasteiger partial charge < -0.3 is 15.7 Å². The molecule has 1 aliphatic carbocycles. The predicted octanol–water partition coefficient (Wildman–Crippen LogP) is 1.37. The molecular weight excluding hydrogens is 240 g/mol. The van der Waals surface area contributed by atoms with E-state index in [2.05, 4.69) is 0 Å². The number of nitrogens with two attached hydrogens (primary N) is 1. The normalized spacial score (nSPS) is 22.1. The summed E-state index contributed by atoms with van der Waals surface area (Å²) in [7, 11) is 1.80. The Bertz CT molecular complexity index is 517. The SMILES string of the molecule is CN1C(=O)Cc2cc(C(N)C3(CO)CCC3)ccc21. The standard InChI is InChI=1S/C15H20N2O2/c1-17-12-4-3-10(7-11(12)8-13(17)19)14(16)15(9-18)5-2-6-15/h3-4,7,14,18H,2,5-6,8-9,16H2,1H3. The number of hydrogen-bond donors (Lipinski definition) is 2. The molecule has 1 saturated carbocycles. The van der Waals surface area contributed by atoms with Gasteiger partial charge in [-0.3, -0.25) is 4.79 Å². The van der Waals surface area contributed by atoms with Crippen molar-refractivity contribution in [1.82, 2.24) is 0 Å². The molecule has 1 atom stereocenters. The monoisotopic (exact) mass is 260 g/mol. The van der Waals surface area contributed by atoms with E-state index in [-0.39, 0.29) is 24.0 Å². The molecule has 102 valence electrons. The van der Waals surface area contributed by atoms with Crippen LogP contribution in [0.1, 0.15) is 36.4 Å². The molecule has 0 saturated heterocycles. The Morgan fingerprint density at radius 1 is 1.47 bits per heavy atom. The third-order valence-corrected chi connectivity index (χ3v) is 4.86. The Labute approximate surface area is 113 Å². The van der Waals surface area contributed by atoms with Gasteiger partial charge in [-0.1, -0.05) is 18.6 Å². The van der Waals surface area contributed by atoms with Crippen LogP contribution in [-0.4, -0.2) is 24.7 Å². The van der Waals surface area contributed by atoms with E-state index in [9.17, 15) is 9.90 Å². The van der Waals surface area contributed by atoms with Crippen LogP contribution in [0.15, 0.2) is 18.2 Å². The Balaban J connectivity index is 1.91. The van der Waals surface area contributed by atoms with Crippen molar-refractivity contribution in [3.05, 3.63) is 29.3 Å². The second-order valence-electron chi connectivity index (χ2n) is 5.87. The fourth-order valence-electron chi connectivity index (χ4n) is 3.24. The molecule has 0 spiro atoms. The third kappa shape index (κ3) is 1.78. The van der Waals surface area contributed by atoms with Crippen LogP contribution in [0, 0.1) is 5.41 Å². The Kier molecular flexibility index (Phi) is 2.87. The van der Waals surface area contributed by atoms with Gasteiger partial charge in [0.2, 0.25) is 5.91 Å². The van der Waals surface area contributed by atoms with E-state index in [0.29, 0.717) is 6.42 Å². The first-order valence-corrected chi connectivity index (χ1v) is 6.83. The number of rotatable bonds is 3. The van der Waals surface area contributed by atoms with E-state index in [1.165, 1.54) is 0 Å². The predicted molar refractivity (Wildman–Crippen MR) is 73.9 cm³/mol. The lowest BCUT2D eigenvalue weighted by Crippen LogP contribution is -2.43. The minimum atomic E-state index is -0.150. The molecule has 2 aliphatic rings. The topological polar surface area (TPSA) is 66.6 Å². The Hall–Kier alpha value is -1.39. The van der Waals surface area contributed by atoms with Crippen LogP contribution < -0.4 is 10.6 Å². The quantitative estimate of drug-likeness (QED) is 0.862. The van der Waals surface area contributed by atoms with E-state index < -0.39 is 0 Å². The average Bonchev–Trinajstić information content (AvgIpc) is 2.64. The van der Waals surface area contributed by atoms with Gasteiger partial charge in [0.05, 0.1) is 13.0 Å². The van der Waals surface area contributed by atoms with Crippen molar-refractivity contribution in [3.8, 4) is 0 Å². The number of benzene rings is 1. The van der Waals surface area contributed by atoms with Gasteiger partial charge in [0.25, 0.3) is 0 Å². The highest BCUT2D eigenvalue weighted by molar-refractivity contribution is 6.00. The summed E-state index contributed by atoms with van der Waals surface area (Å²) in [6.07, 6.45) is 3.57. The molecule has 1 aliphatic heterocycles. The molecule has 0 aromatic heterocycles. The molecule has 1 aromatic carbocycles. The fourth-order valence-corrected chi connectivity index (χ4v) is 3.24. The summed E-state index contributed by atoms with van der Waals surface area (Å²) in [5.41, 5.74) is 9.27. The van der Waals surface area contributed by atoms with Gasteiger partial charge in [-0.25, -0.2) is 0 Å². The first-order valence-electron chi connectivity index (χ1n) is 6.83. The molecule has 4 heteroatoms. The van der Waals surface area contributed by atoms with Gasteiger partial charge >= 0.3 is 0 Å². The maximum absolute atomic E-state index is 11.7. The van der Waals surface area contributed by atoms with Gasteiger partial charge in [0.15, 0.2) is 0 Å². The molecule has 1 heterocycles. The maximum Gasteiger partial charge on any atom is 0.231 e.